The summed E-state index contributed by atoms with van der Waals surface area (Å²) in [5, 5.41) is 13.6. The van der Waals surface area contributed by atoms with Crippen molar-refractivity contribution in [1.29, 1.82) is 0 Å². The minimum Gasteiger partial charge on any atom is -0.457 e. The van der Waals surface area contributed by atoms with E-state index in [0.29, 0.717) is 17.0 Å². The standard InChI is InChI=1S/C21H11BrClN3O5S/c22-12-2-4-13(5-3-12)25-20(28)15(19(27)24-21(25)32)10-14-6-8-18(31-14)11-1-7-16(23)17(9-11)26(29)30/h1-10H,(H,24,27,32)/b15-10-. The number of rotatable bonds is 4. The third-order valence-electron chi connectivity index (χ3n) is 4.53. The molecule has 11 heteroatoms. The van der Waals surface area contributed by atoms with Gasteiger partial charge in [-0.1, -0.05) is 27.5 Å². The fourth-order valence-electron chi connectivity index (χ4n) is 3.02. The Morgan fingerprint density at radius 3 is 2.53 bits per heavy atom. The first kappa shape index (κ1) is 21.9. The molecule has 3 aromatic rings. The van der Waals surface area contributed by atoms with Gasteiger partial charge in [0.1, 0.15) is 22.1 Å². The molecule has 0 saturated carbocycles. The van der Waals surface area contributed by atoms with Crippen molar-refractivity contribution in [3.05, 3.63) is 85.5 Å². The quantitative estimate of drug-likeness (QED) is 0.165. The van der Waals surface area contributed by atoms with E-state index in [1.54, 1.807) is 42.5 Å². The van der Waals surface area contributed by atoms with Crippen LogP contribution in [0.5, 0.6) is 0 Å². The molecule has 160 valence electrons. The topological polar surface area (TPSA) is 106 Å². The molecule has 2 amide bonds. The molecule has 1 N–H and O–H groups in total. The largest absolute Gasteiger partial charge is 0.457 e. The van der Waals surface area contributed by atoms with E-state index in [2.05, 4.69) is 21.2 Å². The van der Waals surface area contributed by atoms with Crippen LogP contribution >= 0.6 is 39.7 Å². The maximum atomic E-state index is 13.0. The highest BCUT2D eigenvalue weighted by atomic mass is 79.9. The number of amides is 2. The predicted molar refractivity (Wildman–Crippen MR) is 126 cm³/mol. The van der Waals surface area contributed by atoms with Gasteiger partial charge in [0.2, 0.25) is 0 Å². The van der Waals surface area contributed by atoms with Crippen LogP contribution in [0.3, 0.4) is 0 Å². The Bertz CT molecular complexity index is 1320. The lowest BCUT2D eigenvalue weighted by atomic mass is 10.1. The van der Waals surface area contributed by atoms with E-state index in [9.17, 15) is 19.7 Å². The van der Waals surface area contributed by atoms with E-state index in [-0.39, 0.29) is 27.2 Å². The van der Waals surface area contributed by atoms with Gasteiger partial charge < -0.3 is 4.42 Å². The molecule has 0 atom stereocenters. The zero-order valence-corrected chi connectivity index (χ0v) is 19.0. The summed E-state index contributed by atoms with van der Waals surface area (Å²) < 4.78 is 6.52. The van der Waals surface area contributed by atoms with Gasteiger partial charge in [0, 0.05) is 16.1 Å². The van der Waals surface area contributed by atoms with Crippen LogP contribution in [-0.4, -0.2) is 21.9 Å². The molecule has 2 heterocycles. The maximum Gasteiger partial charge on any atom is 0.288 e. The minimum absolute atomic E-state index is 0.00104. The lowest BCUT2D eigenvalue weighted by molar-refractivity contribution is -0.384. The molecule has 0 aliphatic carbocycles. The molecule has 8 nitrogen and oxygen atoms in total. The van der Waals surface area contributed by atoms with Gasteiger partial charge >= 0.3 is 0 Å². The van der Waals surface area contributed by atoms with Gasteiger partial charge in [0.15, 0.2) is 5.11 Å². The highest BCUT2D eigenvalue weighted by Gasteiger charge is 2.34. The number of thiocarbonyl (C=S) groups is 1. The van der Waals surface area contributed by atoms with E-state index in [4.69, 9.17) is 28.2 Å². The van der Waals surface area contributed by atoms with Crippen LogP contribution in [0, 0.1) is 10.1 Å². The minimum atomic E-state index is -0.659. The highest BCUT2D eigenvalue weighted by Crippen LogP contribution is 2.32. The van der Waals surface area contributed by atoms with Crippen molar-refractivity contribution in [2.45, 2.75) is 0 Å². The number of benzene rings is 2. The van der Waals surface area contributed by atoms with Crippen molar-refractivity contribution in [2.24, 2.45) is 0 Å². The first-order chi connectivity index (χ1) is 15.2. The number of furan rings is 1. The number of nitrogens with one attached hydrogen (secondary N) is 1. The van der Waals surface area contributed by atoms with Crippen LogP contribution in [0.2, 0.25) is 5.02 Å². The molecule has 0 bridgehead atoms. The van der Waals surface area contributed by atoms with Crippen molar-refractivity contribution in [2.75, 3.05) is 4.90 Å². The molecule has 4 rings (SSSR count). The average Bonchev–Trinajstić information content (AvgIpc) is 3.21. The molecule has 1 fully saturated rings. The number of nitro groups is 1. The summed E-state index contributed by atoms with van der Waals surface area (Å²) in [4.78, 5) is 37.2. The fourth-order valence-corrected chi connectivity index (χ4v) is 3.75. The predicted octanol–water partition coefficient (Wildman–Crippen LogP) is 5.10. The SMILES string of the molecule is O=C1NC(=S)N(c2ccc(Br)cc2)C(=O)/C1=C\c1ccc(-c2ccc(Cl)c([N+](=O)[O-])c2)o1. The van der Waals surface area contributed by atoms with Crippen LogP contribution in [0.15, 0.2) is 69.1 Å². The number of nitrogens with zero attached hydrogens (tertiary/aromatic N) is 2. The van der Waals surface area contributed by atoms with Crippen LogP contribution < -0.4 is 10.2 Å². The molecule has 2 aromatic carbocycles. The second kappa shape index (κ2) is 8.65. The zero-order chi connectivity index (χ0) is 23.0. The van der Waals surface area contributed by atoms with Crippen molar-refractivity contribution < 1.29 is 18.9 Å². The fraction of sp³-hybridized carbons (Fsp3) is 0. The molecule has 1 saturated heterocycles. The summed E-state index contributed by atoms with van der Waals surface area (Å²) in [7, 11) is 0. The van der Waals surface area contributed by atoms with E-state index >= 15 is 0 Å². The lowest BCUT2D eigenvalue weighted by Crippen LogP contribution is -2.54. The number of carbonyl (C=O) groups is 2. The van der Waals surface area contributed by atoms with Crippen LogP contribution in [0.1, 0.15) is 5.76 Å². The first-order valence-corrected chi connectivity index (χ1v) is 10.5. The van der Waals surface area contributed by atoms with Gasteiger partial charge in [0.05, 0.1) is 10.6 Å². The van der Waals surface area contributed by atoms with Gasteiger partial charge in [0.25, 0.3) is 17.5 Å². The molecule has 0 unspecified atom stereocenters. The van der Waals surface area contributed by atoms with Crippen molar-refractivity contribution in [1.82, 2.24) is 5.32 Å². The summed E-state index contributed by atoms with van der Waals surface area (Å²) in [5.41, 5.74) is 0.469. The molecule has 32 heavy (non-hydrogen) atoms. The Hall–Kier alpha value is -3.34. The summed E-state index contributed by atoms with van der Waals surface area (Å²) >= 11 is 14.3. The smallest absolute Gasteiger partial charge is 0.288 e. The summed E-state index contributed by atoms with van der Waals surface area (Å²) in [6, 6.07) is 14.2. The number of hydrogen-bond donors (Lipinski definition) is 1. The summed E-state index contributed by atoms with van der Waals surface area (Å²) in [5.74, 6) is -0.755. The third-order valence-corrected chi connectivity index (χ3v) is 5.66. The van der Waals surface area contributed by atoms with E-state index < -0.39 is 16.7 Å². The van der Waals surface area contributed by atoms with Gasteiger partial charge in [-0.3, -0.25) is 29.9 Å². The lowest BCUT2D eigenvalue weighted by Gasteiger charge is -2.28. The molecule has 0 spiro atoms. The van der Waals surface area contributed by atoms with Gasteiger partial charge in [-0.05, 0) is 66.8 Å². The Morgan fingerprint density at radius 2 is 1.84 bits per heavy atom. The van der Waals surface area contributed by atoms with Crippen molar-refractivity contribution in [3.8, 4) is 11.3 Å². The zero-order valence-electron chi connectivity index (χ0n) is 15.9. The molecular weight excluding hydrogens is 522 g/mol. The molecule has 1 aromatic heterocycles. The van der Waals surface area contributed by atoms with Crippen LogP contribution in [-0.2, 0) is 9.59 Å². The number of anilines is 1. The van der Waals surface area contributed by atoms with Crippen LogP contribution in [0.4, 0.5) is 11.4 Å². The number of nitro benzene ring substituents is 1. The average molecular weight is 533 g/mol. The highest BCUT2D eigenvalue weighted by molar-refractivity contribution is 9.10. The first-order valence-electron chi connectivity index (χ1n) is 8.96. The Kier molecular flexibility index (Phi) is 5.92. The maximum absolute atomic E-state index is 13.0. The van der Waals surface area contributed by atoms with E-state index in [0.717, 1.165) is 4.47 Å². The Morgan fingerprint density at radius 1 is 1.12 bits per heavy atom. The summed E-state index contributed by atoms with van der Waals surface area (Å²) in [6.07, 6.45) is 1.29. The van der Waals surface area contributed by atoms with Gasteiger partial charge in [-0.2, -0.15) is 0 Å². The molecular formula is C21H11BrClN3O5S. The third kappa shape index (κ3) is 4.20. The van der Waals surface area contributed by atoms with Crippen LogP contribution in [0.25, 0.3) is 17.4 Å². The molecule has 1 aliphatic heterocycles. The van der Waals surface area contributed by atoms with Gasteiger partial charge in [-0.15, -0.1) is 0 Å². The van der Waals surface area contributed by atoms with E-state index in [1.807, 2.05) is 0 Å². The molecule has 1 aliphatic rings. The monoisotopic (exact) mass is 531 g/mol. The number of carbonyl (C=O) groups excluding carboxylic acids is 2. The number of hydrogen-bond acceptors (Lipinski definition) is 6. The van der Waals surface area contributed by atoms with Crippen molar-refractivity contribution in [3.63, 3.8) is 0 Å². The second-order valence-electron chi connectivity index (χ2n) is 6.56. The normalized spacial score (nSPS) is 15.2. The van der Waals surface area contributed by atoms with Gasteiger partial charge in [-0.25, -0.2) is 0 Å². The van der Waals surface area contributed by atoms with E-state index in [1.165, 1.54) is 23.1 Å². The molecule has 0 radical (unpaired) electrons. The Balaban J connectivity index is 1.67. The second-order valence-corrected chi connectivity index (χ2v) is 8.27. The number of halogens is 2. The summed E-state index contributed by atoms with van der Waals surface area (Å²) in [6.45, 7) is 0. The Labute approximate surface area is 199 Å². The van der Waals surface area contributed by atoms with Crippen molar-refractivity contribution >= 4 is 74.1 Å².